The highest BCUT2D eigenvalue weighted by molar-refractivity contribution is 7.22. The van der Waals surface area contributed by atoms with Crippen molar-refractivity contribution in [1.82, 2.24) is 10.3 Å². The molecule has 2 atom stereocenters. The third-order valence-corrected chi connectivity index (χ3v) is 6.45. The molecular weight excluding hydrogens is 358 g/mol. The smallest absolute Gasteiger partial charge is 0.233 e. The Morgan fingerprint density at radius 3 is 3.20 bits per heavy atom. The van der Waals surface area contributed by atoms with Gasteiger partial charge < -0.3 is 15.4 Å². The molecule has 1 saturated heterocycles. The molecule has 1 aliphatic heterocycles. The van der Waals surface area contributed by atoms with Gasteiger partial charge in [0.1, 0.15) is 0 Å². The SMILES string of the molecule is COCc1cccc2sc(NC(=O)[C@@]34CCCC[C@H]3CNC4)nc12.Cl. The van der Waals surface area contributed by atoms with Gasteiger partial charge in [-0.25, -0.2) is 4.98 Å². The van der Waals surface area contributed by atoms with Crippen molar-refractivity contribution < 1.29 is 9.53 Å². The minimum atomic E-state index is -0.245. The van der Waals surface area contributed by atoms with Crippen molar-refractivity contribution in [2.45, 2.75) is 32.3 Å². The molecular formula is C18H24ClN3O2S. The van der Waals surface area contributed by atoms with Crippen LogP contribution < -0.4 is 10.6 Å². The van der Waals surface area contributed by atoms with Gasteiger partial charge in [0.05, 0.1) is 22.2 Å². The van der Waals surface area contributed by atoms with Crippen LogP contribution in [0.25, 0.3) is 10.2 Å². The van der Waals surface area contributed by atoms with E-state index in [1.54, 1.807) is 18.4 Å². The van der Waals surface area contributed by atoms with E-state index < -0.39 is 0 Å². The van der Waals surface area contributed by atoms with Crippen LogP contribution in [0.1, 0.15) is 31.2 Å². The van der Waals surface area contributed by atoms with Gasteiger partial charge in [-0.2, -0.15) is 0 Å². The average Bonchev–Trinajstić information content (AvgIpc) is 3.19. The standard InChI is InChI=1S/C18H23N3O2S.ClH/c1-23-10-12-5-4-7-14-15(12)20-17(24-14)21-16(22)18-8-3-2-6-13(18)9-19-11-18;/h4-5,7,13,19H,2-3,6,8-11H2,1H3,(H,20,21,22);1H/t13-,18+;/m0./s1. The summed E-state index contributed by atoms with van der Waals surface area (Å²) < 4.78 is 6.33. The first kappa shape index (κ1) is 18.6. The fourth-order valence-electron chi connectivity index (χ4n) is 4.24. The molecule has 0 radical (unpaired) electrons. The molecule has 1 amide bonds. The fraction of sp³-hybridized carbons (Fsp3) is 0.556. The quantitative estimate of drug-likeness (QED) is 0.849. The minimum absolute atomic E-state index is 0. The monoisotopic (exact) mass is 381 g/mol. The molecule has 1 saturated carbocycles. The van der Waals surface area contributed by atoms with Crippen LogP contribution in [0.2, 0.25) is 0 Å². The Bertz CT molecular complexity index is 766. The predicted molar refractivity (Wildman–Crippen MR) is 103 cm³/mol. The van der Waals surface area contributed by atoms with E-state index >= 15 is 0 Å². The molecule has 0 unspecified atom stereocenters. The number of para-hydroxylation sites is 1. The molecule has 2 aromatic rings. The highest BCUT2D eigenvalue weighted by Gasteiger charge is 2.50. The Morgan fingerprint density at radius 2 is 2.36 bits per heavy atom. The Labute approximate surface area is 158 Å². The lowest BCUT2D eigenvalue weighted by Gasteiger charge is -2.36. The van der Waals surface area contributed by atoms with Gasteiger partial charge in [0.25, 0.3) is 0 Å². The summed E-state index contributed by atoms with van der Waals surface area (Å²) in [7, 11) is 1.68. The van der Waals surface area contributed by atoms with Crippen LogP contribution in [0, 0.1) is 11.3 Å². The number of anilines is 1. The molecule has 1 aromatic heterocycles. The number of aromatic nitrogens is 1. The zero-order valence-electron chi connectivity index (χ0n) is 14.3. The maximum atomic E-state index is 13.0. The molecule has 2 fully saturated rings. The van der Waals surface area contributed by atoms with Crippen LogP contribution >= 0.6 is 23.7 Å². The Balaban J connectivity index is 0.00000182. The second-order valence-electron chi connectivity index (χ2n) is 6.90. The normalized spacial score (nSPS) is 25.4. The van der Waals surface area contributed by atoms with Gasteiger partial charge in [0.15, 0.2) is 5.13 Å². The van der Waals surface area contributed by atoms with E-state index in [0.717, 1.165) is 48.1 Å². The number of nitrogens with one attached hydrogen (secondary N) is 2. The summed E-state index contributed by atoms with van der Waals surface area (Å²) in [4.78, 5) is 17.7. The van der Waals surface area contributed by atoms with Crippen molar-refractivity contribution in [3.05, 3.63) is 23.8 Å². The van der Waals surface area contributed by atoms with Crippen LogP contribution in [0.5, 0.6) is 0 Å². The van der Waals surface area contributed by atoms with Gasteiger partial charge in [-0.3, -0.25) is 4.79 Å². The van der Waals surface area contributed by atoms with Gasteiger partial charge in [0, 0.05) is 19.2 Å². The number of benzene rings is 1. The third-order valence-electron chi connectivity index (χ3n) is 5.51. The van der Waals surface area contributed by atoms with Gasteiger partial charge >= 0.3 is 0 Å². The fourth-order valence-corrected chi connectivity index (χ4v) is 5.15. The topological polar surface area (TPSA) is 63.2 Å². The summed E-state index contributed by atoms with van der Waals surface area (Å²) in [5.74, 6) is 0.606. The van der Waals surface area contributed by atoms with Crippen molar-refractivity contribution in [2.75, 3.05) is 25.5 Å². The molecule has 0 bridgehead atoms. The predicted octanol–water partition coefficient (Wildman–Crippen LogP) is 3.58. The van der Waals surface area contributed by atoms with Gasteiger partial charge in [-0.05, 0) is 31.4 Å². The summed E-state index contributed by atoms with van der Waals surface area (Å²) in [5, 5.41) is 7.25. The molecule has 2 aliphatic rings. The van der Waals surface area contributed by atoms with E-state index in [9.17, 15) is 4.79 Å². The Kier molecular flexibility index (Phi) is 5.63. The first-order chi connectivity index (χ1) is 11.7. The maximum absolute atomic E-state index is 13.0. The number of methoxy groups -OCH3 is 1. The van der Waals surface area contributed by atoms with Gasteiger partial charge in [-0.15, -0.1) is 12.4 Å². The lowest BCUT2D eigenvalue weighted by Crippen LogP contribution is -2.44. The number of ether oxygens (including phenoxy) is 1. The van der Waals surface area contributed by atoms with Crippen molar-refractivity contribution in [3.8, 4) is 0 Å². The van der Waals surface area contributed by atoms with Gasteiger partial charge in [-0.1, -0.05) is 36.3 Å². The lowest BCUT2D eigenvalue weighted by atomic mass is 9.68. The number of halogens is 1. The molecule has 25 heavy (non-hydrogen) atoms. The molecule has 1 aromatic carbocycles. The van der Waals surface area contributed by atoms with Crippen LogP contribution in [0.3, 0.4) is 0 Å². The molecule has 1 aliphatic carbocycles. The first-order valence-electron chi connectivity index (χ1n) is 8.62. The number of fused-ring (bicyclic) bond motifs is 2. The molecule has 136 valence electrons. The van der Waals surface area contributed by atoms with E-state index in [1.807, 2.05) is 18.2 Å². The summed E-state index contributed by atoms with van der Waals surface area (Å²) >= 11 is 1.54. The van der Waals surface area contributed by atoms with Crippen LogP contribution in [-0.4, -0.2) is 31.1 Å². The Morgan fingerprint density at radius 1 is 1.48 bits per heavy atom. The highest BCUT2D eigenvalue weighted by Crippen LogP contribution is 2.44. The summed E-state index contributed by atoms with van der Waals surface area (Å²) in [6.45, 7) is 2.29. The zero-order chi connectivity index (χ0) is 16.6. The van der Waals surface area contributed by atoms with Crippen LogP contribution in [-0.2, 0) is 16.1 Å². The van der Waals surface area contributed by atoms with E-state index in [0.29, 0.717) is 17.7 Å². The third kappa shape index (κ3) is 3.28. The average molecular weight is 382 g/mol. The second-order valence-corrected chi connectivity index (χ2v) is 7.93. The Hall–Kier alpha value is -1.21. The van der Waals surface area contributed by atoms with Crippen molar-refractivity contribution in [3.63, 3.8) is 0 Å². The van der Waals surface area contributed by atoms with Crippen molar-refractivity contribution >= 4 is 45.0 Å². The van der Waals surface area contributed by atoms with E-state index in [4.69, 9.17) is 4.74 Å². The van der Waals surface area contributed by atoms with Crippen LogP contribution in [0.4, 0.5) is 5.13 Å². The molecule has 5 nitrogen and oxygen atoms in total. The zero-order valence-corrected chi connectivity index (χ0v) is 16.0. The number of hydrogen-bond donors (Lipinski definition) is 2. The molecule has 2 heterocycles. The first-order valence-corrected chi connectivity index (χ1v) is 9.44. The molecule has 4 rings (SSSR count). The molecule has 2 N–H and O–H groups in total. The van der Waals surface area contributed by atoms with E-state index in [1.165, 1.54) is 6.42 Å². The summed E-state index contributed by atoms with van der Waals surface area (Å²) in [6, 6.07) is 6.08. The number of carbonyl (C=O) groups is 1. The second kappa shape index (κ2) is 7.58. The number of rotatable bonds is 4. The number of carbonyl (C=O) groups excluding carboxylic acids is 1. The summed E-state index contributed by atoms with van der Waals surface area (Å²) in [6.07, 6.45) is 4.51. The summed E-state index contributed by atoms with van der Waals surface area (Å²) in [5.41, 5.74) is 1.75. The largest absolute Gasteiger partial charge is 0.380 e. The lowest BCUT2D eigenvalue weighted by molar-refractivity contribution is -0.128. The highest BCUT2D eigenvalue weighted by atomic mass is 35.5. The number of hydrogen-bond acceptors (Lipinski definition) is 5. The number of nitrogens with zero attached hydrogens (tertiary/aromatic N) is 1. The van der Waals surface area contributed by atoms with Crippen molar-refractivity contribution in [1.29, 1.82) is 0 Å². The number of amides is 1. The number of thiazole rings is 1. The molecule has 7 heteroatoms. The van der Waals surface area contributed by atoms with E-state index in [2.05, 4.69) is 15.6 Å². The van der Waals surface area contributed by atoms with Gasteiger partial charge in [0.2, 0.25) is 5.91 Å². The van der Waals surface area contributed by atoms with E-state index in [-0.39, 0.29) is 23.7 Å². The minimum Gasteiger partial charge on any atom is -0.380 e. The van der Waals surface area contributed by atoms with Crippen LogP contribution in [0.15, 0.2) is 18.2 Å². The van der Waals surface area contributed by atoms with Crippen molar-refractivity contribution in [2.24, 2.45) is 11.3 Å². The maximum Gasteiger partial charge on any atom is 0.233 e. The molecule has 0 spiro atoms.